The smallest absolute Gasteiger partial charge is 0.299 e. The maximum atomic E-state index is 13.4. The van der Waals surface area contributed by atoms with E-state index in [-0.39, 0.29) is 29.0 Å². The second kappa shape index (κ2) is 8.51. The van der Waals surface area contributed by atoms with E-state index in [1.54, 1.807) is 16.8 Å². The molecular formula is C21H19F6N3OS. The van der Waals surface area contributed by atoms with Gasteiger partial charge < -0.3 is 0 Å². The van der Waals surface area contributed by atoms with E-state index in [1.807, 2.05) is 11.0 Å². The fourth-order valence-electron chi connectivity index (χ4n) is 3.98. The topological polar surface area (TPSA) is 37.6 Å². The van der Waals surface area contributed by atoms with E-state index >= 15 is 0 Å². The Morgan fingerprint density at radius 3 is 2.47 bits per heavy atom. The van der Waals surface area contributed by atoms with Gasteiger partial charge in [0.05, 0.1) is 15.7 Å². The van der Waals surface area contributed by atoms with Crippen LogP contribution in [0.15, 0.2) is 40.3 Å². The van der Waals surface area contributed by atoms with Crippen LogP contribution in [0, 0.1) is 5.92 Å². The molecule has 11 heteroatoms. The summed E-state index contributed by atoms with van der Waals surface area (Å²) in [5, 5.41) is 0. The highest BCUT2D eigenvalue weighted by molar-refractivity contribution is 7.07. The molecule has 2 aliphatic heterocycles. The van der Waals surface area contributed by atoms with Gasteiger partial charge in [-0.25, -0.2) is 4.99 Å². The quantitative estimate of drug-likeness (QED) is 0.634. The van der Waals surface area contributed by atoms with E-state index < -0.39 is 23.5 Å². The molecule has 1 aromatic carbocycles. The Bertz CT molecular complexity index is 1200. The van der Waals surface area contributed by atoms with E-state index in [0.29, 0.717) is 44.0 Å². The number of benzene rings is 1. The first-order chi connectivity index (χ1) is 15.0. The molecule has 2 aliphatic rings. The second-order valence-corrected chi connectivity index (χ2v) is 8.82. The number of rotatable bonds is 3. The van der Waals surface area contributed by atoms with E-state index in [1.165, 1.54) is 0 Å². The van der Waals surface area contributed by atoms with Crippen molar-refractivity contribution in [3.8, 4) is 0 Å². The molecule has 0 bridgehead atoms. The summed E-state index contributed by atoms with van der Waals surface area (Å²) in [5.74, 6) is 0.143. The van der Waals surface area contributed by atoms with Crippen LogP contribution in [0.4, 0.5) is 26.3 Å². The number of hydrogen-bond acceptors (Lipinski definition) is 4. The van der Waals surface area contributed by atoms with Crippen molar-refractivity contribution in [2.45, 2.75) is 38.3 Å². The van der Waals surface area contributed by atoms with Crippen LogP contribution in [0.1, 0.15) is 29.5 Å². The van der Waals surface area contributed by atoms with Crippen LogP contribution in [0.3, 0.4) is 0 Å². The Kier molecular flexibility index (Phi) is 6.06. The Labute approximate surface area is 182 Å². The number of aromatic nitrogens is 1. The summed E-state index contributed by atoms with van der Waals surface area (Å²) in [7, 11) is 0. The van der Waals surface area contributed by atoms with Crippen LogP contribution in [0.25, 0.3) is 6.08 Å². The molecule has 32 heavy (non-hydrogen) atoms. The van der Waals surface area contributed by atoms with Crippen molar-refractivity contribution in [3.63, 3.8) is 0 Å². The van der Waals surface area contributed by atoms with Gasteiger partial charge in [-0.1, -0.05) is 23.5 Å². The fourth-order valence-corrected chi connectivity index (χ4v) is 4.95. The van der Waals surface area contributed by atoms with Crippen LogP contribution in [-0.2, 0) is 25.4 Å². The summed E-state index contributed by atoms with van der Waals surface area (Å²) in [5.41, 5.74) is -2.10. The maximum absolute atomic E-state index is 13.4. The highest BCUT2D eigenvalue weighted by Crippen LogP contribution is 2.38. The number of alkyl halides is 6. The largest absolute Gasteiger partial charge is 0.416 e. The minimum atomic E-state index is -4.87. The number of thiazole rings is 1. The zero-order chi connectivity index (χ0) is 23.1. The van der Waals surface area contributed by atoms with Gasteiger partial charge in [-0.05, 0) is 55.6 Å². The predicted molar refractivity (Wildman–Crippen MR) is 107 cm³/mol. The molecular weight excluding hydrogens is 456 g/mol. The van der Waals surface area contributed by atoms with Gasteiger partial charge in [0.2, 0.25) is 0 Å². The predicted octanol–water partition coefficient (Wildman–Crippen LogP) is 3.79. The summed E-state index contributed by atoms with van der Waals surface area (Å²) in [6.45, 7) is 1.41. The van der Waals surface area contributed by atoms with E-state index in [2.05, 4.69) is 4.99 Å². The molecule has 0 saturated carbocycles. The van der Waals surface area contributed by atoms with Crippen LogP contribution in [-0.4, -0.2) is 22.6 Å². The number of piperidine rings is 1. The first-order valence-electron chi connectivity index (χ1n) is 9.96. The summed E-state index contributed by atoms with van der Waals surface area (Å²) >= 11 is 1.12. The van der Waals surface area contributed by atoms with Gasteiger partial charge in [-0.15, -0.1) is 0 Å². The van der Waals surface area contributed by atoms with Crippen LogP contribution in [0.2, 0.25) is 0 Å². The lowest BCUT2D eigenvalue weighted by Gasteiger charge is -2.31. The third kappa shape index (κ3) is 4.83. The Morgan fingerprint density at radius 2 is 1.81 bits per heavy atom. The maximum Gasteiger partial charge on any atom is 0.416 e. The van der Waals surface area contributed by atoms with Crippen LogP contribution < -0.4 is 14.9 Å². The number of nitrogens with zero attached hydrogens (tertiary/aromatic N) is 3. The Balaban J connectivity index is 1.49. The van der Waals surface area contributed by atoms with Crippen molar-refractivity contribution in [2.24, 2.45) is 10.9 Å². The average molecular weight is 475 g/mol. The van der Waals surface area contributed by atoms with Crippen molar-refractivity contribution in [3.05, 3.63) is 66.9 Å². The molecule has 0 spiro atoms. The first-order valence-corrected chi connectivity index (χ1v) is 10.8. The zero-order valence-corrected chi connectivity index (χ0v) is 17.5. The zero-order valence-electron chi connectivity index (χ0n) is 16.7. The lowest BCUT2D eigenvalue weighted by molar-refractivity contribution is -0.143. The molecule has 0 atom stereocenters. The molecule has 4 rings (SSSR count). The lowest BCUT2D eigenvalue weighted by atomic mass is 9.95. The minimum absolute atomic E-state index is 0.0746. The van der Waals surface area contributed by atoms with E-state index in [9.17, 15) is 31.1 Å². The molecule has 4 nitrogen and oxygen atoms in total. The van der Waals surface area contributed by atoms with Crippen molar-refractivity contribution in [2.75, 3.05) is 13.1 Å². The Hall–Kier alpha value is -2.40. The first kappa shape index (κ1) is 22.8. The number of halogens is 6. The van der Waals surface area contributed by atoms with Crippen LogP contribution in [0.5, 0.6) is 0 Å². The lowest BCUT2D eigenvalue weighted by Crippen LogP contribution is -2.36. The third-order valence-corrected chi connectivity index (χ3v) is 6.57. The van der Waals surface area contributed by atoms with Gasteiger partial charge in [0, 0.05) is 19.3 Å². The molecule has 1 fully saturated rings. The molecule has 0 unspecified atom stereocenters. The number of allylic oxidation sites excluding steroid dienone is 1. The van der Waals surface area contributed by atoms with Gasteiger partial charge in [0.1, 0.15) is 0 Å². The highest BCUT2D eigenvalue weighted by atomic mass is 32.1. The molecule has 0 N–H and O–H groups in total. The number of hydrogen-bond donors (Lipinski definition) is 0. The minimum Gasteiger partial charge on any atom is -0.299 e. The summed E-state index contributed by atoms with van der Waals surface area (Å²) in [4.78, 5) is 18.1. The molecule has 0 aliphatic carbocycles. The van der Waals surface area contributed by atoms with E-state index in [0.717, 1.165) is 21.9 Å². The molecule has 0 amide bonds. The molecule has 172 valence electrons. The van der Waals surface area contributed by atoms with Crippen molar-refractivity contribution in [1.29, 1.82) is 0 Å². The van der Waals surface area contributed by atoms with Gasteiger partial charge in [0.15, 0.2) is 5.49 Å². The number of likely N-dealkylation sites (tertiary alicyclic amines) is 1. The van der Waals surface area contributed by atoms with Gasteiger partial charge in [-0.3, -0.25) is 14.3 Å². The second-order valence-electron chi connectivity index (χ2n) is 7.83. The van der Waals surface area contributed by atoms with Gasteiger partial charge in [-0.2, -0.15) is 26.3 Å². The Morgan fingerprint density at radius 1 is 1.09 bits per heavy atom. The molecule has 3 heterocycles. The van der Waals surface area contributed by atoms with Gasteiger partial charge >= 0.3 is 17.2 Å². The van der Waals surface area contributed by atoms with Crippen molar-refractivity contribution in [1.82, 2.24) is 9.47 Å². The average Bonchev–Trinajstić information content (AvgIpc) is 3.04. The van der Waals surface area contributed by atoms with Crippen molar-refractivity contribution < 1.29 is 26.3 Å². The summed E-state index contributed by atoms with van der Waals surface area (Å²) < 4.78 is 81.1. The third-order valence-electron chi connectivity index (χ3n) is 5.64. The molecule has 1 saturated heterocycles. The van der Waals surface area contributed by atoms with Gasteiger partial charge in [0.25, 0.3) is 0 Å². The van der Waals surface area contributed by atoms with Crippen molar-refractivity contribution >= 4 is 17.4 Å². The fraction of sp³-hybridized carbons (Fsp3) is 0.429. The molecule has 1 aromatic heterocycles. The summed E-state index contributed by atoms with van der Waals surface area (Å²) in [6.07, 6.45) is -2.92. The summed E-state index contributed by atoms with van der Waals surface area (Å²) in [6, 6.07) is 1.80. The number of fused-ring (bicyclic) bond motifs is 1. The molecule has 0 radical (unpaired) electrons. The molecule has 2 aromatic rings. The monoisotopic (exact) mass is 475 g/mol. The van der Waals surface area contributed by atoms with E-state index in [4.69, 9.17) is 0 Å². The standard InChI is InChI=1S/C21H19F6N3OS/c22-20(23,24)15-3-2-14(16(11-15)21(25,26)27)12-29-8-4-13(5-9-29)10-17-18-28-6-1-7-30(18)19(31)32-17/h1-3,6,10-11,13H,4-5,7-9,12H2/b17-10-. The SMILES string of the molecule is O=c1s/c(=C\C2CCN(Cc3ccc(C(F)(F)F)cc3C(F)(F)F)CC2)c2n1CC=CN=2. The van der Waals surface area contributed by atoms with Crippen LogP contribution >= 0.6 is 11.3 Å². The highest BCUT2D eigenvalue weighted by Gasteiger charge is 2.38. The normalized spacial score (nSPS) is 18.6.